The molecule has 0 bridgehead atoms. The molecule has 2 aromatic heterocycles. The van der Waals surface area contributed by atoms with Gasteiger partial charge in [-0.2, -0.15) is 0 Å². The average Bonchev–Trinajstić information content (AvgIpc) is 2.96. The number of carbonyl (C=O) groups is 1. The number of rotatable bonds is 4. The Morgan fingerprint density at radius 1 is 1.21 bits per heavy atom. The fraction of sp³-hybridized carbons (Fsp3) is 0.500. The van der Waals surface area contributed by atoms with Gasteiger partial charge in [0.1, 0.15) is 5.82 Å². The van der Waals surface area contributed by atoms with Crippen LogP contribution in [0.4, 0.5) is 5.82 Å². The van der Waals surface area contributed by atoms with E-state index >= 15 is 0 Å². The second kappa shape index (κ2) is 8.69. The van der Waals surface area contributed by atoms with Crippen LogP contribution in [0.2, 0.25) is 0 Å². The third kappa shape index (κ3) is 4.33. The zero-order chi connectivity index (χ0) is 20.3. The topological polar surface area (TPSA) is 90.0 Å². The Bertz CT molecular complexity index is 894. The van der Waals surface area contributed by atoms with Crippen molar-refractivity contribution in [2.45, 2.75) is 58.4 Å². The first-order valence-corrected chi connectivity index (χ1v) is 10.1. The molecule has 3 rings (SSSR count). The van der Waals surface area contributed by atoms with Crippen molar-refractivity contribution in [3.8, 4) is 11.1 Å². The Kier molecular flexibility index (Phi) is 6.29. The van der Waals surface area contributed by atoms with Gasteiger partial charge < -0.3 is 15.6 Å². The summed E-state index contributed by atoms with van der Waals surface area (Å²) in [5.41, 5.74) is 9.91. The van der Waals surface area contributed by atoms with E-state index in [0.717, 1.165) is 48.1 Å². The molecule has 1 aliphatic rings. The zero-order valence-electron chi connectivity index (χ0n) is 17.0. The van der Waals surface area contributed by atoms with Crippen molar-refractivity contribution in [3.63, 3.8) is 0 Å². The van der Waals surface area contributed by atoms with Gasteiger partial charge in [-0.05, 0) is 50.3 Å². The van der Waals surface area contributed by atoms with Gasteiger partial charge in [-0.3, -0.25) is 9.59 Å². The maximum Gasteiger partial charge on any atom is 0.250 e. The monoisotopic (exact) mass is 382 g/mol. The van der Waals surface area contributed by atoms with Gasteiger partial charge in [0.15, 0.2) is 0 Å². The highest BCUT2D eigenvalue weighted by molar-refractivity contribution is 5.94. The first kappa shape index (κ1) is 20.3. The fourth-order valence-electron chi connectivity index (χ4n) is 4.12. The maximum absolute atomic E-state index is 12.6. The maximum atomic E-state index is 12.6. The van der Waals surface area contributed by atoms with Gasteiger partial charge >= 0.3 is 0 Å². The third-order valence-corrected chi connectivity index (χ3v) is 5.94. The quantitative estimate of drug-likeness (QED) is 0.794. The summed E-state index contributed by atoms with van der Waals surface area (Å²) in [6.07, 6.45) is 8.54. The van der Waals surface area contributed by atoms with Gasteiger partial charge in [0.05, 0.1) is 6.04 Å². The van der Waals surface area contributed by atoms with Crippen molar-refractivity contribution in [1.29, 1.82) is 0 Å². The number of nitrogens with zero attached hydrogens (tertiary/aromatic N) is 2. The largest absolute Gasteiger partial charge is 0.320 e. The highest BCUT2D eigenvalue weighted by atomic mass is 16.2. The molecule has 150 valence electrons. The van der Waals surface area contributed by atoms with E-state index in [4.69, 9.17) is 5.73 Å². The molecule has 28 heavy (non-hydrogen) atoms. The molecule has 3 N–H and O–H groups in total. The highest BCUT2D eigenvalue weighted by Crippen LogP contribution is 2.27. The smallest absolute Gasteiger partial charge is 0.250 e. The van der Waals surface area contributed by atoms with Gasteiger partial charge in [-0.15, -0.1) is 0 Å². The standard InChI is InChI=1S/C22H30N4O2/c1-14-12-19(27)26(3)15(2)20(14)17-10-11-18(24-13-17)25-22(28)21(23)16-8-6-4-5-7-9-16/h10-13,16,21H,4-9,23H2,1-3H3,(H,24,25,28)/t21-/m0/s1. The lowest BCUT2D eigenvalue weighted by molar-refractivity contribution is -0.118. The molecule has 6 heteroatoms. The van der Waals surface area contributed by atoms with Crippen molar-refractivity contribution < 1.29 is 4.79 Å². The van der Waals surface area contributed by atoms with Crippen LogP contribution in [0.5, 0.6) is 0 Å². The van der Waals surface area contributed by atoms with E-state index in [1.807, 2.05) is 19.9 Å². The molecule has 1 saturated carbocycles. The van der Waals surface area contributed by atoms with Crippen LogP contribution in [-0.2, 0) is 11.8 Å². The number of nitrogens with one attached hydrogen (secondary N) is 1. The minimum Gasteiger partial charge on any atom is -0.320 e. The summed E-state index contributed by atoms with van der Waals surface area (Å²) in [6.45, 7) is 3.84. The number of carbonyl (C=O) groups excluding carboxylic acids is 1. The van der Waals surface area contributed by atoms with E-state index in [1.54, 1.807) is 29.9 Å². The lowest BCUT2D eigenvalue weighted by Crippen LogP contribution is -2.42. The second-order valence-corrected chi connectivity index (χ2v) is 7.88. The number of aryl methyl sites for hydroxylation is 1. The summed E-state index contributed by atoms with van der Waals surface area (Å²) in [5.74, 6) is 0.581. The molecule has 0 unspecified atom stereocenters. The van der Waals surface area contributed by atoms with Crippen LogP contribution in [0.25, 0.3) is 11.1 Å². The first-order valence-electron chi connectivity index (χ1n) is 10.1. The summed E-state index contributed by atoms with van der Waals surface area (Å²) in [6, 6.07) is 4.84. The molecule has 0 aliphatic heterocycles. The number of pyridine rings is 2. The van der Waals surface area contributed by atoms with E-state index < -0.39 is 6.04 Å². The molecule has 0 saturated heterocycles. The van der Waals surface area contributed by atoms with Gasteiger partial charge in [0.2, 0.25) is 5.91 Å². The number of amides is 1. The van der Waals surface area contributed by atoms with Gasteiger partial charge in [0.25, 0.3) is 5.56 Å². The van der Waals surface area contributed by atoms with E-state index in [9.17, 15) is 9.59 Å². The zero-order valence-corrected chi connectivity index (χ0v) is 17.0. The molecule has 2 heterocycles. The van der Waals surface area contributed by atoms with Crippen molar-refractivity contribution in [2.75, 3.05) is 5.32 Å². The Morgan fingerprint density at radius 3 is 2.50 bits per heavy atom. The second-order valence-electron chi connectivity index (χ2n) is 7.88. The number of aromatic nitrogens is 2. The Hall–Kier alpha value is -2.47. The predicted molar refractivity (Wildman–Crippen MR) is 112 cm³/mol. The molecule has 1 fully saturated rings. The van der Waals surface area contributed by atoms with E-state index in [1.165, 1.54) is 12.8 Å². The highest BCUT2D eigenvalue weighted by Gasteiger charge is 2.25. The molecule has 6 nitrogen and oxygen atoms in total. The summed E-state index contributed by atoms with van der Waals surface area (Å²) >= 11 is 0. The molecule has 1 amide bonds. The van der Waals surface area contributed by atoms with Crippen molar-refractivity contribution >= 4 is 11.7 Å². The Morgan fingerprint density at radius 2 is 1.89 bits per heavy atom. The van der Waals surface area contributed by atoms with Crippen molar-refractivity contribution in [2.24, 2.45) is 18.7 Å². The van der Waals surface area contributed by atoms with E-state index in [-0.39, 0.29) is 17.4 Å². The molecular formula is C22H30N4O2. The van der Waals surface area contributed by atoms with Crippen LogP contribution in [0, 0.1) is 19.8 Å². The minimum atomic E-state index is -0.493. The lowest BCUT2D eigenvalue weighted by atomic mass is 9.92. The van der Waals surface area contributed by atoms with Crippen LogP contribution in [0.3, 0.4) is 0 Å². The predicted octanol–water partition coefficient (Wildman–Crippen LogP) is 3.30. The van der Waals surface area contributed by atoms with Crippen LogP contribution < -0.4 is 16.6 Å². The third-order valence-electron chi connectivity index (χ3n) is 5.94. The molecule has 0 radical (unpaired) electrons. The molecule has 1 aliphatic carbocycles. The molecule has 2 aromatic rings. The van der Waals surface area contributed by atoms with Gasteiger partial charge in [0, 0.05) is 36.1 Å². The molecule has 0 spiro atoms. The van der Waals surface area contributed by atoms with E-state index in [2.05, 4.69) is 10.3 Å². The summed E-state index contributed by atoms with van der Waals surface area (Å²) in [4.78, 5) is 28.9. The minimum absolute atomic E-state index is 0.0249. The average molecular weight is 383 g/mol. The summed E-state index contributed by atoms with van der Waals surface area (Å²) in [7, 11) is 1.76. The lowest BCUT2D eigenvalue weighted by Gasteiger charge is -2.21. The number of anilines is 1. The van der Waals surface area contributed by atoms with Gasteiger partial charge in [-0.1, -0.05) is 25.7 Å². The number of hydrogen-bond donors (Lipinski definition) is 2. The van der Waals surface area contributed by atoms with E-state index in [0.29, 0.717) is 5.82 Å². The summed E-state index contributed by atoms with van der Waals surface area (Å²) in [5, 5.41) is 2.86. The number of hydrogen-bond acceptors (Lipinski definition) is 4. The van der Waals surface area contributed by atoms with Crippen molar-refractivity contribution in [1.82, 2.24) is 9.55 Å². The number of nitrogens with two attached hydrogens (primary N) is 1. The SMILES string of the molecule is Cc1cc(=O)n(C)c(C)c1-c1ccc(NC(=O)[C@@H](N)C2CCCCCC2)nc1. The van der Waals surface area contributed by atoms with Crippen LogP contribution >= 0.6 is 0 Å². The molecule has 0 aromatic carbocycles. The molecule has 1 atom stereocenters. The Balaban J connectivity index is 1.74. The molecular weight excluding hydrogens is 352 g/mol. The van der Waals surface area contributed by atoms with Crippen LogP contribution in [-0.4, -0.2) is 21.5 Å². The normalized spacial score (nSPS) is 16.4. The Labute approximate surface area is 166 Å². The fourth-order valence-corrected chi connectivity index (χ4v) is 4.12. The van der Waals surface area contributed by atoms with Crippen molar-refractivity contribution in [3.05, 3.63) is 46.0 Å². The van der Waals surface area contributed by atoms with Gasteiger partial charge in [-0.25, -0.2) is 4.98 Å². The summed E-state index contributed by atoms with van der Waals surface area (Å²) < 4.78 is 1.63. The van der Waals surface area contributed by atoms with Crippen LogP contribution in [0.1, 0.15) is 49.8 Å². The van der Waals surface area contributed by atoms with Crippen LogP contribution in [0.15, 0.2) is 29.2 Å². The first-order chi connectivity index (χ1) is 13.4.